The first-order chi connectivity index (χ1) is 12.3. The van der Waals surface area contributed by atoms with Crippen LogP contribution in [0.5, 0.6) is 0 Å². The van der Waals surface area contributed by atoms with Crippen LogP contribution in [0.4, 0.5) is 29.3 Å². The number of carbonyl (C=O) groups is 1. The van der Waals surface area contributed by atoms with Gasteiger partial charge in [-0.25, -0.2) is 4.79 Å². The van der Waals surface area contributed by atoms with Gasteiger partial charge in [-0.1, -0.05) is 12.1 Å². The number of hydrogen-bond donors (Lipinski definition) is 2. The molecule has 0 bridgehead atoms. The number of nitrogens with one attached hydrogen (secondary N) is 1. The second-order valence-corrected chi connectivity index (χ2v) is 6.71. The van der Waals surface area contributed by atoms with Crippen LogP contribution in [-0.2, 0) is 19.2 Å². The zero-order valence-corrected chi connectivity index (χ0v) is 14.7. The van der Waals surface area contributed by atoms with E-state index in [2.05, 4.69) is 5.32 Å². The summed E-state index contributed by atoms with van der Waals surface area (Å²) in [4.78, 5) is 14.0. The minimum absolute atomic E-state index is 0.105. The highest BCUT2D eigenvalue weighted by atomic mass is 32.2. The molecule has 0 atom stereocenters. The first-order valence-corrected chi connectivity index (χ1v) is 9.12. The molecule has 4 nitrogen and oxygen atoms in total. The average molecular weight is 382 g/mol. The normalized spacial score (nSPS) is 13.7. The Balaban J connectivity index is 1.86. The molecule has 138 valence electrons. The number of halogens is 3. The van der Waals surface area contributed by atoms with Crippen molar-refractivity contribution >= 4 is 29.2 Å². The Morgan fingerprint density at radius 2 is 1.96 bits per heavy atom. The largest absolute Gasteiger partial charge is 0.417 e. The van der Waals surface area contributed by atoms with E-state index in [-0.39, 0.29) is 11.5 Å². The number of aliphatic hydroxyl groups is 1. The van der Waals surface area contributed by atoms with Crippen LogP contribution in [0.15, 0.2) is 41.3 Å². The molecule has 2 aromatic carbocycles. The highest BCUT2D eigenvalue weighted by Crippen LogP contribution is 2.42. The molecule has 0 spiro atoms. The Labute approximate surface area is 153 Å². The Bertz CT molecular complexity index is 822. The smallest absolute Gasteiger partial charge is 0.392 e. The third-order valence-corrected chi connectivity index (χ3v) is 5.01. The molecular formula is C18H17F3N2O2S. The van der Waals surface area contributed by atoms with Gasteiger partial charge in [-0.05, 0) is 48.1 Å². The monoisotopic (exact) mass is 382 g/mol. The van der Waals surface area contributed by atoms with Gasteiger partial charge in [0.2, 0.25) is 0 Å². The van der Waals surface area contributed by atoms with E-state index in [1.54, 1.807) is 30.5 Å². The molecule has 0 aromatic heterocycles. The maximum Gasteiger partial charge on any atom is 0.417 e. The van der Waals surface area contributed by atoms with Gasteiger partial charge < -0.3 is 10.4 Å². The van der Waals surface area contributed by atoms with Crippen LogP contribution in [0.25, 0.3) is 0 Å². The number of hydrogen-bond acceptors (Lipinski definition) is 3. The lowest BCUT2D eigenvalue weighted by atomic mass is 10.1. The summed E-state index contributed by atoms with van der Waals surface area (Å²) >= 11 is 1.04. The minimum Gasteiger partial charge on any atom is -0.392 e. The Kier molecular flexibility index (Phi) is 5.15. The molecule has 26 heavy (non-hydrogen) atoms. The number of amides is 2. The van der Waals surface area contributed by atoms with Crippen molar-refractivity contribution in [2.24, 2.45) is 0 Å². The summed E-state index contributed by atoms with van der Waals surface area (Å²) in [5.41, 5.74) is 1.51. The van der Waals surface area contributed by atoms with E-state index in [4.69, 9.17) is 5.11 Å². The molecule has 0 saturated carbocycles. The summed E-state index contributed by atoms with van der Waals surface area (Å²) in [5, 5.41) is 11.7. The van der Waals surface area contributed by atoms with Crippen molar-refractivity contribution in [2.75, 3.05) is 23.0 Å². The standard InChI is InChI=1S/C18H17F3N2O2S/c1-26-16-8-12-6-7-23(15(12)9-14(16)18(19,20)21)17(25)22-13-4-2-11(10-24)3-5-13/h2-5,8-9,24H,6-7,10H2,1H3,(H,22,25). The molecule has 2 N–H and O–H groups in total. The van der Waals surface area contributed by atoms with Crippen molar-refractivity contribution in [2.45, 2.75) is 24.1 Å². The van der Waals surface area contributed by atoms with Crippen LogP contribution in [0, 0.1) is 0 Å². The van der Waals surface area contributed by atoms with Crippen molar-refractivity contribution in [1.29, 1.82) is 0 Å². The molecule has 0 saturated heterocycles. The molecule has 8 heteroatoms. The molecule has 3 rings (SSSR count). The van der Waals surface area contributed by atoms with Crippen molar-refractivity contribution in [3.05, 3.63) is 53.1 Å². The van der Waals surface area contributed by atoms with Gasteiger partial charge in [0, 0.05) is 22.8 Å². The number of carbonyl (C=O) groups excluding carboxylic acids is 1. The fourth-order valence-corrected chi connectivity index (χ4v) is 3.56. The van der Waals surface area contributed by atoms with Gasteiger partial charge in [-0.15, -0.1) is 11.8 Å². The van der Waals surface area contributed by atoms with E-state index in [9.17, 15) is 18.0 Å². The van der Waals surface area contributed by atoms with Crippen molar-refractivity contribution in [1.82, 2.24) is 0 Å². The van der Waals surface area contributed by atoms with Gasteiger partial charge >= 0.3 is 12.2 Å². The highest BCUT2D eigenvalue weighted by molar-refractivity contribution is 7.98. The number of rotatable bonds is 3. The zero-order valence-electron chi connectivity index (χ0n) is 13.9. The summed E-state index contributed by atoms with van der Waals surface area (Å²) in [6, 6.07) is 8.71. The summed E-state index contributed by atoms with van der Waals surface area (Å²) in [5.74, 6) is 0. The number of aliphatic hydroxyl groups excluding tert-OH is 1. The van der Waals surface area contributed by atoms with Gasteiger partial charge in [0.25, 0.3) is 0 Å². The summed E-state index contributed by atoms with van der Waals surface area (Å²) in [6.07, 6.45) is -2.36. The third-order valence-electron chi connectivity index (χ3n) is 4.23. The third kappa shape index (κ3) is 3.66. The molecule has 0 aliphatic carbocycles. The van der Waals surface area contributed by atoms with E-state index < -0.39 is 17.8 Å². The van der Waals surface area contributed by atoms with Crippen LogP contribution in [0.3, 0.4) is 0 Å². The SMILES string of the molecule is CSc1cc2c(cc1C(F)(F)F)N(C(=O)Nc1ccc(CO)cc1)CC2. The van der Waals surface area contributed by atoms with Crippen LogP contribution < -0.4 is 10.2 Å². The molecular weight excluding hydrogens is 365 g/mol. The van der Waals surface area contributed by atoms with Crippen LogP contribution in [0.2, 0.25) is 0 Å². The van der Waals surface area contributed by atoms with Gasteiger partial charge in [0.1, 0.15) is 0 Å². The van der Waals surface area contributed by atoms with Gasteiger partial charge in [0.15, 0.2) is 0 Å². The van der Waals surface area contributed by atoms with E-state index in [1.807, 2.05) is 0 Å². The van der Waals surface area contributed by atoms with E-state index in [0.717, 1.165) is 23.4 Å². The first-order valence-electron chi connectivity index (χ1n) is 7.90. The summed E-state index contributed by atoms with van der Waals surface area (Å²) < 4.78 is 39.9. The molecule has 0 unspecified atom stereocenters. The number of fused-ring (bicyclic) bond motifs is 1. The lowest BCUT2D eigenvalue weighted by molar-refractivity contribution is -0.139. The predicted molar refractivity (Wildman–Crippen MR) is 95.7 cm³/mol. The fourth-order valence-electron chi connectivity index (χ4n) is 2.90. The Hall–Kier alpha value is -2.19. The number of alkyl halides is 3. The van der Waals surface area contributed by atoms with Gasteiger partial charge in [0.05, 0.1) is 12.2 Å². The number of benzene rings is 2. The lowest BCUT2D eigenvalue weighted by Crippen LogP contribution is -2.33. The molecule has 2 aromatic rings. The Morgan fingerprint density at radius 1 is 1.27 bits per heavy atom. The maximum atomic E-state index is 13.3. The molecule has 1 heterocycles. The molecule has 1 aliphatic rings. The van der Waals surface area contributed by atoms with Crippen LogP contribution in [0.1, 0.15) is 16.7 Å². The first kappa shape index (κ1) is 18.6. The fraction of sp³-hybridized carbons (Fsp3) is 0.278. The molecule has 0 radical (unpaired) electrons. The van der Waals surface area contributed by atoms with Crippen LogP contribution >= 0.6 is 11.8 Å². The van der Waals surface area contributed by atoms with E-state index in [0.29, 0.717) is 29.9 Å². The quantitative estimate of drug-likeness (QED) is 0.768. The molecule has 0 fully saturated rings. The number of anilines is 2. The van der Waals surface area contributed by atoms with Crippen molar-refractivity contribution in [3.8, 4) is 0 Å². The lowest BCUT2D eigenvalue weighted by Gasteiger charge is -2.20. The maximum absolute atomic E-state index is 13.3. The second-order valence-electron chi connectivity index (χ2n) is 5.87. The van der Waals surface area contributed by atoms with Crippen molar-refractivity contribution < 1.29 is 23.1 Å². The number of thioether (sulfide) groups is 1. The minimum atomic E-state index is -4.47. The highest BCUT2D eigenvalue weighted by Gasteiger charge is 2.36. The molecule has 1 aliphatic heterocycles. The van der Waals surface area contributed by atoms with E-state index >= 15 is 0 Å². The Morgan fingerprint density at radius 3 is 2.54 bits per heavy atom. The topological polar surface area (TPSA) is 52.6 Å². The summed E-state index contributed by atoms with van der Waals surface area (Å²) in [7, 11) is 0. The summed E-state index contributed by atoms with van der Waals surface area (Å²) in [6.45, 7) is 0.219. The van der Waals surface area contributed by atoms with Gasteiger partial charge in [-0.3, -0.25) is 4.90 Å². The number of nitrogens with zero attached hydrogens (tertiary/aromatic N) is 1. The van der Waals surface area contributed by atoms with Crippen LogP contribution in [-0.4, -0.2) is 23.9 Å². The second kappa shape index (κ2) is 7.20. The van der Waals surface area contributed by atoms with Gasteiger partial charge in [-0.2, -0.15) is 13.2 Å². The van der Waals surface area contributed by atoms with Crippen molar-refractivity contribution in [3.63, 3.8) is 0 Å². The van der Waals surface area contributed by atoms with E-state index in [1.165, 1.54) is 11.0 Å². The number of urea groups is 1. The molecule has 2 amide bonds. The average Bonchev–Trinajstić information content (AvgIpc) is 3.03. The predicted octanol–water partition coefficient (Wildman–Crippen LogP) is 4.51. The zero-order chi connectivity index (χ0) is 18.9.